The van der Waals surface area contributed by atoms with Crippen molar-refractivity contribution >= 4 is 11.3 Å². The summed E-state index contributed by atoms with van der Waals surface area (Å²) >= 11 is 1.73. The number of ether oxygens (including phenoxy) is 1. The molecule has 0 aliphatic carbocycles. The van der Waals surface area contributed by atoms with Crippen LogP contribution in [0.2, 0.25) is 0 Å². The van der Waals surface area contributed by atoms with Crippen molar-refractivity contribution in [1.82, 2.24) is 15.5 Å². The lowest BCUT2D eigenvalue weighted by Crippen LogP contribution is -2.36. The maximum Gasteiger partial charge on any atom is 0.0794 e. The van der Waals surface area contributed by atoms with E-state index in [9.17, 15) is 0 Å². The van der Waals surface area contributed by atoms with Crippen LogP contribution in [0.5, 0.6) is 0 Å². The standard InChI is InChI=1S/C14H19N3OS/c1-10(12-4-2-6-18-12)15-8-11-9-16-17-14(11)13-5-3-7-19-13/h3,5,7,9-10,12,15H,2,4,6,8H2,1H3,(H,16,17). The molecule has 0 bridgehead atoms. The average Bonchev–Trinajstić information content (AvgIpc) is 3.14. The van der Waals surface area contributed by atoms with Crippen LogP contribution in [0.4, 0.5) is 0 Å². The van der Waals surface area contributed by atoms with Gasteiger partial charge >= 0.3 is 0 Å². The van der Waals surface area contributed by atoms with Crippen LogP contribution in [0.25, 0.3) is 10.6 Å². The summed E-state index contributed by atoms with van der Waals surface area (Å²) in [7, 11) is 0. The number of nitrogens with zero attached hydrogens (tertiary/aromatic N) is 1. The van der Waals surface area contributed by atoms with Crippen molar-refractivity contribution in [3.8, 4) is 10.6 Å². The minimum atomic E-state index is 0.358. The Bertz CT molecular complexity index is 503. The molecule has 0 spiro atoms. The SMILES string of the molecule is CC(NCc1cn[nH]c1-c1cccs1)C1CCCO1. The van der Waals surface area contributed by atoms with Crippen molar-refractivity contribution in [3.05, 3.63) is 29.3 Å². The molecule has 0 saturated carbocycles. The lowest BCUT2D eigenvalue weighted by atomic mass is 10.1. The highest BCUT2D eigenvalue weighted by Gasteiger charge is 2.22. The van der Waals surface area contributed by atoms with Gasteiger partial charge < -0.3 is 10.1 Å². The zero-order valence-corrected chi connectivity index (χ0v) is 11.9. The predicted octanol–water partition coefficient (Wildman–Crippen LogP) is 2.80. The van der Waals surface area contributed by atoms with E-state index >= 15 is 0 Å². The van der Waals surface area contributed by atoms with Gasteiger partial charge in [-0.05, 0) is 31.2 Å². The third-order valence-electron chi connectivity index (χ3n) is 3.62. The molecule has 19 heavy (non-hydrogen) atoms. The minimum absolute atomic E-state index is 0.358. The van der Waals surface area contributed by atoms with Crippen LogP contribution in [0.1, 0.15) is 25.3 Å². The third kappa shape index (κ3) is 2.88. The average molecular weight is 277 g/mol. The maximum absolute atomic E-state index is 5.70. The number of thiophene rings is 1. The summed E-state index contributed by atoms with van der Waals surface area (Å²) < 4.78 is 5.70. The highest BCUT2D eigenvalue weighted by atomic mass is 32.1. The minimum Gasteiger partial charge on any atom is -0.377 e. The van der Waals surface area contributed by atoms with Crippen LogP contribution in [-0.2, 0) is 11.3 Å². The number of hydrogen-bond acceptors (Lipinski definition) is 4. The van der Waals surface area contributed by atoms with Crippen LogP contribution >= 0.6 is 11.3 Å². The van der Waals surface area contributed by atoms with Crippen molar-refractivity contribution in [3.63, 3.8) is 0 Å². The van der Waals surface area contributed by atoms with Crippen molar-refractivity contribution in [1.29, 1.82) is 0 Å². The lowest BCUT2D eigenvalue weighted by molar-refractivity contribution is 0.0832. The Morgan fingerprint density at radius 2 is 2.58 bits per heavy atom. The van der Waals surface area contributed by atoms with Crippen LogP contribution in [0, 0.1) is 0 Å². The van der Waals surface area contributed by atoms with E-state index in [1.54, 1.807) is 11.3 Å². The van der Waals surface area contributed by atoms with Gasteiger partial charge in [-0.2, -0.15) is 5.10 Å². The van der Waals surface area contributed by atoms with Gasteiger partial charge in [0.1, 0.15) is 0 Å². The number of aromatic nitrogens is 2. The molecule has 0 amide bonds. The number of rotatable bonds is 5. The maximum atomic E-state index is 5.70. The fourth-order valence-corrected chi connectivity index (χ4v) is 3.23. The fourth-order valence-electron chi connectivity index (χ4n) is 2.48. The molecule has 5 heteroatoms. The summed E-state index contributed by atoms with van der Waals surface area (Å²) in [5, 5.41) is 12.9. The first kappa shape index (κ1) is 12.8. The lowest BCUT2D eigenvalue weighted by Gasteiger charge is -2.19. The smallest absolute Gasteiger partial charge is 0.0794 e. The van der Waals surface area contributed by atoms with E-state index in [0.29, 0.717) is 12.1 Å². The van der Waals surface area contributed by atoms with Crippen molar-refractivity contribution in [2.45, 2.75) is 38.5 Å². The quantitative estimate of drug-likeness (QED) is 0.883. The Labute approximate surface area is 117 Å². The van der Waals surface area contributed by atoms with E-state index in [4.69, 9.17) is 4.74 Å². The van der Waals surface area contributed by atoms with E-state index in [0.717, 1.165) is 25.3 Å². The van der Waals surface area contributed by atoms with Gasteiger partial charge in [-0.1, -0.05) is 6.07 Å². The number of H-pyrrole nitrogens is 1. The van der Waals surface area contributed by atoms with E-state index < -0.39 is 0 Å². The number of aromatic amines is 1. The van der Waals surface area contributed by atoms with Gasteiger partial charge in [-0.25, -0.2) is 0 Å². The summed E-state index contributed by atoms with van der Waals surface area (Å²) in [5.41, 5.74) is 2.34. The summed E-state index contributed by atoms with van der Waals surface area (Å²) in [4.78, 5) is 1.24. The van der Waals surface area contributed by atoms with Crippen LogP contribution in [0.3, 0.4) is 0 Å². The van der Waals surface area contributed by atoms with Crippen LogP contribution in [0.15, 0.2) is 23.7 Å². The van der Waals surface area contributed by atoms with Gasteiger partial charge in [0, 0.05) is 24.8 Å². The molecule has 2 atom stereocenters. The van der Waals surface area contributed by atoms with Gasteiger partial charge in [0.25, 0.3) is 0 Å². The third-order valence-corrected chi connectivity index (χ3v) is 4.51. The molecule has 2 unspecified atom stereocenters. The Hall–Kier alpha value is -1.17. The number of hydrogen-bond donors (Lipinski definition) is 2. The Balaban J connectivity index is 1.62. The molecular formula is C14H19N3OS. The van der Waals surface area contributed by atoms with E-state index in [1.165, 1.54) is 16.9 Å². The molecule has 3 rings (SSSR count). The van der Waals surface area contributed by atoms with Crippen molar-refractivity contribution < 1.29 is 4.74 Å². The monoisotopic (exact) mass is 277 g/mol. The summed E-state index contributed by atoms with van der Waals surface area (Å²) in [6, 6.07) is 4.56. The number of nitrogens with one attached hydrogen (secondary N) is 2. The molecule has 2 aromatic rings. The highest BCUT2D eigenvalue weighted by molar-refractivity contribution is 7.13. The molecule has 1 saturated heterocycles. The fraction of sp³-hybridized carbons (Fsp3) is 0.500. The molecule has 2 N–H and O–H groups in total. The highest BCUT2D eigenvalue weighted by Crippen LogP contribution is 2.26. The first-order valence-corrected chi connectivity index (χ1v) is 7.63. The second kappa shape index (κ2) is 5.86. The molecule has 2 aromatic heterocycles. The second-order valence-electron chi connectivity index (χ2n) is 4.97. The van der Waals surface area contributed by atoms with Crippen molar-refractivity contribution in [2.24, 2.45) is 0 Å². The summed E-state index contributed by atoms with van der Waals surface area (Å²) in [5.74, 6) is 0. The Kier molecular flexibility index (Phi) is 3.96. The van der Waals surface area contributed by atoms with Crippen LogP contribution in [-0.4, -0.2) is 29.0 Å². The normalized spacial score (nSPS) is 20.8. The first-order valence-electron chi connectivity index (χ1n) is 6.75. The molecular weight excluding hydrogens is 258 g/mol. The van der Waals surface area contributed by atoms with Gasteiger partial charge in [-0.3, -0.25) is 5.10 Å². The molecule has 102 valence electrons. The molecule has 1 fully saturated rings. The largest absolute Gasteiger partial charge is 0.377 e. The first-order chi connectivity index (χ1) is 9.34. The van der Waals surface area contributed by atoms with Gasteiger partial charge in [0.05, 0.1) is 22.9 Å². The van der Waals surface area contributed by atoms with E-state index in [1.807, 2.05) is 6.20 Å². The zero-order valence-electron chi connectivity index (χ0n) is 11.1. The molecule has 4 nitrogen and oxygen atoms in total. The van der Waals surface area contributed by atoms with Gasteiger partial charge in [0.15, 0.2) is 0 Å². The van der Waals surface area contributed by atoms with E-state index in [2.05, 4.69) is 40.0 Å². The van der Waals surface area contributed by atoms with Gasteiger partial charge in [-0.15, -0.1) is 11.3 Å². The molecule has 0 radical (unpaired) electrons. The topological polar surface area (TPSA) is 49.9 Å². The summed E-state index contributed by atoms with van der Waals surface area (Å²) in [6.45, 7) is 3.93. The molecule has 1 aliphatic rings. The summed E-state index contributed by atoms with van der Waals surface area (Å²) in [6.07, 6.45) is 4.61. The predicted molar refractivity (Wildman–Crippen MR) is 77.2 cm³/mol. The Morgan fingerprint density at radius 3 is 3.32 bits per heavy atom. The zero-order chi connectivity index (χ0) is 13.1. The molecule has 1 aliphatic heterocycles. The van der Waals surface area contributed by atoms with Crippen LogP contribution < -0.4 is 5.32 Å². The van der Waals surface area contributed by atoms with Crippen molar-refractivity contribution in [2.75, 3.05) is 6.61 Å². The Morgan fingerprint density at radius 1 is 1.63 bits per heavy atom. The molecule has 0 aromatic carbocycles. The second-order valence-corrected chi connectivity index (χ2v) is 5.92. The van der Waals surface area contributed by atoms with E-state index in [-0.39, 0.29) is 0 Å². The molecule has 3 heterocycles. The van der Waals surface area contributed by atoms with Gasteiger partial charge in [0.2, 0.25) is 0 Å².